The summed E-state index contributed by atoms with van der Waals surface area (Å²) in [5, 5.41) is 2.71. The number of amides is 1. The average Bonchev–Trinajstić information content (AvgIpc) is 2.52. The van der Waals surface area contributed by atoms with Gasteiger partial charge in [-0.2, -0.15) is 0 Å². The monoisotopic (exact) mass is 341 g/mol. The lowest BCUT2D eigenvalue weighted by atomic mass is 10.1. The van der Waals surface area contributed by atoms with Crippen molar-refractivity contribution in [3.8, 4) is 5.75 Å². The third-order valence-corrected chi connectivity index (χ3v) is 3.56. The number of ether oxygens (including phenoxy) is 2. The molecule has 1 amide bonds. The molecule has 0 aliphatic rings. The minimum atomic E-state index is -0.587. The fourth-order valence-electron chi connectivity index (χ4n) is 2.43. The van der Waals surface area contributed by atoms with Gasteiger partial charge in [0.05, 0.1) is 0 Å². The molecule has 0 saturated carbocycles. The molecular formula is C20H23NO4. The van der Waals surface area contributed by atoms with Gasteiger partial charge in [0.1, 0.15) is 5.75 Å². The summed E-state index contributed by atoms with van der Waals surface area (Å²) in [6.45, 7) is 7.17. The molecule has 0 spiro atoms. The number of rotatable bonds is 6. The van der Waals surface area contributed by atoms with E-state index in [1.165, 1.54) is 0 Å². The highest BCUT2D eigenvalue weighted by atomic mass is 16.6. The van der Waals surface area contributed by atoms with Crippen LogP contribution in [0.2, 0.25) is 0 Å². The lowest BCUT2D eigenvalue weighted by Gasteiger charge is -2.10. The molecule has 132 valence electrons. The molecule has 0 heterocycles. The topological polar surface area (TPSA) is 64.6 Å². The molecule has 0 radical (unpaired) electrons. The van der Waals surface area contributed by atoms with E-state index in [9.17, 15) is 9.59 Å². The van der Waals surface area contributed by atoms with Crippen LogP contribution >= 0.6 is 0 Å². The Morgan fingerprint density at radius 2 is 1.56 bits per heavy atom. The average molecular weight is 341 g/mol. The van der Waals surface area contributed by atoms with Crippen molar-refractivity contribution in [1.29, 1.82) is 0 Å². The van der Waals surface area contributed by atoms with Crippen LogP contribution in [0, 0.1) is 27.7 Å². The van der Waals surface area contributed by atoms with Crippen LogP contribution in [0.3, 0.4) is 0 Å². The number of carbonyl (C=O) groups is 2. The summed E-state index contributed by atoms with van der Waals surface area (Å²) in [4.78, 5) is 23.6. The van der Waals surface area contributed by atoms with Crippen LogP contribution in [-0.2, 0) is 14.3 Å². The van der Waals surface area contributed by atoms with Crippen molar-refractivity contribution in [3.63, 3.8) is 0 Å². The third kappa shape index (κ3) is 5.95. The molecular weight excluding hydrogens is 318 g/mol. The number of carbonyl (C=O) groups excluding carboxylic acids is 2. The molecule has 0 fully saturated rings. The molecule has 0 bridgehead atoms. The molecule has 0 saturated heterocycles. The van der Waals surface area contributed by atoms with E-state index in [2.05, 4.69) is 5.32 Å². The first-order chi connectivity index (χ1) is 11.8. The highest BCUT2D eigenvalue weighted by Crippen LogP contribution is 2.19. The molecule has 5 heteroatoms. The van der Waals surface area contributed by atoms with E-state index >= 15 is 0 Å². The second-order valence-corrected chi connectivity index (χ2v) is 6.14. The number of hydrogen-bond donors (Lipinski definition) is 1. The zero-order chi connectivity index (χ0) is 18.4. The maximum atomic E-state index is 11.9. The number of esters is 1. The van der Waals surface area contributed by atoms with Crippen LogP contribution in [0.1, 0.15) is 22.3 Å². The fourth-order valence-corrected chi connectivity index (χ4v) is 2.43. The van der Waals surface area contributed by atoms with Crippen LogP contribution in [0.5, 0.6) is 5.75 Å². The van der Waals surface area contributed by atoms with E-state index < -0.39 is 5.97 Å². The first-order valence-corrected chi connectivity index (χ1v) is 8.07. The van der Waals surface area contributed by atoms with Gasteiger partial charge in [0.2, 0.25) is 0 Å². The summed E-state index contributed by atoms with van der Waals surface area (Å²) in [6.07, 6.45) is 0. The van der Waals surface area contributed by atoms with E-state index in [1.807, 2.05) is 64.1 Å². The van der Waals surface area contributed by atoms with Gasteiger partial charge in [0.15, 0.2) is 13.2 Å². The highest BCUT2D eigenvalue weighted by molar-refractivity contribution is 5.93. The Labute approximate surface area is 148 Å². The van der Waals surface area contributed by atoms with Gasteiger partial charge >= 0.3 is 5.97 Å². The second kappa shape index (κ2) is 8.33. The van der Waals surface area contributed by atoms with Crippen LogP contribution < -0.4 is 10.1 Å². The van der Waals surface area contributed by atoms with Crippen LogP contribution in [0.15, 0.2) is 36.4 Å². The fraction of sp³-hybridized carbons (Fsp3) is 0.300. The lowest BCUT2D eigenvalue weighted by molar-refractivity contribution is -0.149. The van der Waals surface area contributed by atoms with E-state index in [4.69, 9.17) is 9.47 Å². The van der Waals surface area contributed by atoms with Crippen LogP contribution in [0.4, 0.5) is 5.69 Å². The Hall–Kier alpha value is -2.82. The largest absolute Gasteiger partial charge is 0.482 e. The van der Waals surface area contributed by atoms with Crippen LogP contribution in [0.25, 0.3) is 0 Å². The molecule has 25 heavy (non-hydrogen) atoms. The molecule has 0 atom stereocenters. The molecule has 2 rings (SSSR count). The van der Waals surface area contributed by atoms with Crippen molar-refractivity contribution in [2.75, 3.05) is 18.5 Å². The van der Waals surface area contributed by atoms with Crippen molar-refractivity contribution in [3.05, 3.63) is 58.7 Å². The molecule has 0 unspecified atom stereocenters. The van der Waals surface area contributed by atoms with Crippen molar-refractivity contribution >= 4 is 17.6 Å². The minimum absolute atomic E-state index is 0.235. The van der Waals surface area contributed by atoms with Crippen molar-refractivity contribution in [1.82, 2.24) is 0 Å². The van der Waals surface area contributed by atoms with Gasteiger partial charge in [-0.25, -0.2) is 4.79 Å². The Bertz CT molecular complexity index is 763. The minimum Gasteiger partial charge on any atom is -0.482 e. The third-order valence-electron chi connectivity index (χ3n) is 3.56. The van der Waals surface area contributed by atoms with E-state index in [0.29, 0.717) is 11.4 Å². The molecule has 2 aromatic carbocycles. The van der Waals surface area contributed by atoms with E-state index in [-0.39, 0.29) is 19.1 Å². The molecule has 1 N–H and O–H groups in total. The second-order valence-electron chi connectivity index (χ2n) is 6.14. The van der Waals surface area contributed by atoms with Gasteiger partial charge in [0, 0.05) is 5.69 Å². The predicted octanol–water partition coefficient (Wildman–Crippen LogP) is 3.48. The Morgan fingerprint density at radius 1 is 0.880 bits per heavy atom. The maximum absolute atomic E-state index is 11.9. The number of anilines is 1. The van der Waals surface area contributed by atoms with Gasteiger partial charge in [0.25, 0.3) is 5.91 Å². The van der Waals surface area contributed by atoms with Crippen LogP contribution in [-0.4, -0.2) is 25.1 Å². The van der Waals surface area contributed by atoms with E-state index in [0.717, 1.165) is 22.3 Å². The predicted molar refractivity (Wildman–Crippen MR) is 96.9 cm³/mol. The lowest BCUT2D eigenvalue weighted by Crippen LogP contribution is -2.23. The normalized spacial score (nSPS) is 10.2. The van der Waals surface area contributed by atoms with Gasteiger partial charge in [-0.3, -0.25) is 4.79 Å². The maximum Gasteiger partial charge on any atom is 0.344 e. The van der Waals surface area contributed by atoms with Gasteiger partial charge < -0.3 is 14.8 Å². The highest BCUT2D eigenvalue weighted by Gasteiger charge is 2.10. The zero-order valence-corrected chi connectivity index (χ0v) is 15.0. The summed E-state index contributed by atoms with van der Waals surface area (Å²) in [6, 6.07) is 11.5. The van der Waals surface area contributed by atoms with Crippen molar-refractivity contribution in [2.45, 2.75) is 27.7 Å². The van der Waals surface area contributed by atoms with E-state index in [1.54, 1.807) is 0 Å². The number of benzene rings is 2. The standard InChI is InChI=1S/C20H23NO4/c1-13-5-6-16(4)18(10-13)24-12-20(23)25-11-19(22)21-17-8-14(2)7-15(3)9-17/h5-10H,11-12H2,1-4H3,(H,21,22). The van der Waals surface area contributed by atoms with Crippen molar-refractivity contribution in [2.24, 2.45) is 0 Å². The molecule has 5 nitrogen and oxygen atoms in total. The first kappa shape index (κ1) is 18.5. The smallest absolute Gasteiger partial charge is 0.344 e. The Morgan fingerprint density at radius 3 is 2.24 bits per heavy atom. The van der Waals surface area contributed by atoms with Gasteiger partial charge in [-0.05, 0) is 68.1 Å². The molecule has 2 aromatic rings. The first-order valence-electron chi connectivity index (χ1n) is 8.07. The summed E-state index contributed by atoms with van der Waals surface area (Å²) in [5.41, 5.74) is 4.77. The molecule has 0 aliphatic heterocycles. The summed E-state index contributed by atoms with van der Waals surface area (Å²) in [5.74, 6) is -0.335. The molecule has 0 aliphatic carbocycles. The quantitative estimate of drug-likeness (QED) is 0.817. The zero-order valence-electron chi connectivity index (χ0n) is 15.0. The molecule has 0 aromatic heterocycles. The SMILES string of the molecule is Cc1cc(C)cc(NC(=O)COC(=O)COc2cc(C)ccc2C)c1. The summed E-state index contributed by atoms with van der Waals surface area (Å²) in [7, 11) is 0. The summed E-state index contributed by atoms with van der Waals surface area (Å²) >= 11 is 0. The summed E-state index contributed by atoms with van der Waals surface area (Å²) < 4.78 is 10.4. The number of hydrogen-bond acceptors (Lipinski definition) is 4. The number of nitrogens with one attached hydrogen (secondary N) is 1. The van der Waals surface area contributed by atoms with Gasteiger partial charge in [-0.15, -0.1) is 0 Å². The number of aryl methyl sites for hydroxylation is 4. The van der Waals surface area contributed by atoms with Crippen molar-refractivity contribution < 1.29 is 19.1 Å². The Kier molecular flexibility index (Phi) is 6.17. The Balaban J connectivity index is 1.79. The van der Waals surface area contributed by atoms with Gasteiger partial charge in [-0.1, -0.05) is 18.2 Å².